The zero-order valence-electron chi connectivity index (χ0n) is 32.0. The van der Waals surface area contributed by atoms with E-state index >= 15 is 0 Å². The minimum absolute atomic E-state index is 1.22. The Bertz CT molecular complexity index is 3770. The first kappa shape index (κ1) is 32.7. The van der Waals surface area contributed by atoms with E-state index in [2.05, 4.69) is 206 Å². The fraction of sp³-hybridized carbons (Fsp3) is 0. The first-order chi connectivity index (χ1) is 29.3. The molecule has 13 rings (SSSR count). The molecule has 0 saturated heterocycles. The fourth-order valence-corrected chi connectivity index (χ4v) is 11.3. The van der Waals surface area contributed by atoms with Gasteiger partial charge in [-0.1, -0.05) is 176 Å². The summed E-state index contributed by atoms with van der Waals surface area (Å²) in [6, 6.07) is 77.1. The Labute approximate surface area is 344 Å². The fourth-order valence-electron chi connectivity index (χ4n) is 10.2. The maximum atomic E-state index is 2.46. The van der Waals surface area contributed by atoms with Crippen molar-refractivity contribution in [3.63, 3.8) is 0 Å². The molecular weight excluding hydrogens is 729 g/mol. The second-order valence-electron chi connectivity index (χ2n) is 15.9. The molecule has 0 radical (unpaired) electrons. The van der Waals surface area contributed by atoms with Crippen LogP contribution in [0.1, 0.15) is 0 Å². The van der Waals surface area contributed by atoms with Gasteiger partial charge < -0.3 is 0 Å². The maximum Gasteiger partial charge on any atom is 0.0362 e. The molecule has 1 heterocycles. The van der Waals surface area contributed by atoms with Crippen molar-refractivity contribution in [1.29, 1.82) is 0 Å². The van der Waals surface area contributed by atoms with Crippen LogP contribution >= 0.6 is 11.3 Å². The van der Waals surface area contributed by atoms with Crippen LogP contribution in [0.5, 0.6) is 0 Å². The molecule has 0 bridgehead atoms. The highest BCUT2D eigenvalue weighted by Gasteiger charge is 2.19. The van der Waals surface area contributed by atoms with Crippen molar-refractivity contribution in [3.8, 4) is 33.4 Å². The van der Waals surface area contributed by atoms with Crippen LogP contribution in [-0.4, -0.2) is 0 Å². The van der Waals surface area contributed by atoms with Crippen molar-refractivity contribution in [2.24, 2.45) is 0 Å². The first-order valence-electron chi connectivity index (χ1n) is 20.4. The molecule has 0 amide bonds. The van der Waals surface area contributed by atoms with Crippen molar-refractivity contribution in [2.75, 3.05) is 0 Å². The molecule has 0 saturated carbocycles. The summed E-state index contributed by atoms with van der Waals surface area (Å²) in [5, 5.41) is 20.6. The van der Waals surface area contributed by atoms with Gasteiger partial charge in [0.05, 0.1) is 0 Å². The van der Waals surface area contributed by atoms with Gasteiger partial charge in [0.1, 0.15) is 0 Å². The van der Waals surface area contributed by atoms with Crippen LogP contribution in [0.2, 0.25) is 0 Å². The van der Waals surface area contributed by atoms with Crippen LogP contribution in [0.4, 0.5) is 0 Å². The molecule has 1 heteroatoms. The summed E-state index contributed by atoms with van der Waals surface area (Å²) in [5.74, 6) is 0. The van der Waals surface area contributed by atoms with Crippen molar-refractivity contribution in [2.45, 2.75) is 0 Å². The van der Waals surface area contributed by atoms with E-state index in [0.717, 1.165) is 0 Å². The van der Waals surface area contributed by atoms with E-state index in [1.165, 1.54) is 129 Å². The summed E-state index contributed by atoms with van der Waals surface area (Å²) in [5.41, 5.74) is 7.54. The number of thiophene rings is 1. The van der Waals surface area contributed by atoms with Gasteiger partial charge in [0, 0.05) is 20.2 Å². The lowest BCUT2D eigenvalue weighted by Crippen LogP contribution is -1.92. The molecule has 13 aromatic rings. The monoisotopic (exact) mass is 762 g/mol. The summed E-state index contributed by atoms with van der Waals surface area (Å²) in [7, 11) is 0. The molecule has 0 fully saturated rings. The predicted octanol–water partition coefficient (Wildman–Crippen LogP) is 17.1. The normalized spacial score (nSPS) is 12.1. The Hall–Kier alpha value is -7.32. The molecule has 0 unspecified atom stereocenters. The van der Waals surface area contributed by atoms with Crippen molar-refractivity contribution < 1.29 is 0 Å². The average Bonchev–Trinajstić information content (AvgIpc) is 3.67. The molecule has 1 aromatic heterocycles. The van der Waals surface area contributed by atoms with Crippen LogP contribution in [0.3, 0.4) is 0 Å². The van der Waals surface area contributed by atoms with Crippen LogP contribution in [-0.2, 0) is 0 Å². The third kappa shape index (κ3) is 4.83. The molecule has 272 valence electrons. The van der Waals surface area contributed by atoms with E-state index in [1.54, 1.807) is 0 Å². The Morgan fingerprint density at radius 3 is 1.17 bits per heavy atom. The Kier molecular flexibility index (Phi) is 6.98. The standard InChI is InChI=1S/C58H34S/c1-3-15-40-37(13-1)31-38-14-2-4-16-41(38)56(40)35-25-27-36(28-26-35)57-46-20-7-9-22-48(46)58(49-23-10-8-21-47(49)57)39-29-30-44-50(32-39)42-17-5-6-18-43(42)51-33-53-45-19-11-12-24-54(45)59-55(53)34-52(44)51/h1-34H. The Balaban J connectivity index is 1.03. The van der Waals surface area contributed by atoms with E-state index in [1.807, 2.05) is 11.3 Å². The highest BCUT2D eigenvalue weighted by atomic mass is 32.1. The topological polar surface area (TPSA) is 0 Å². The highest BCUT2D eigenvalue weighted by Crippen LogP contribution is 2.47. The lowest BCUT2D eigenvalue weighted by molar-refractivity contribution is 1.65. The third-order valence-corrected chi connectivity index (χ3v) is 13.9. The van der Waals surface area contributed by atoms with Crippen LogP contribution in [0.25, 0.3) is 129 Å². The molecule has 0 aliphatic rings. The quantitative estimate of drug-likeness (QED) is 0.124. The van der Waals surface area contributed by atoms with E-state index < -0.39 is 0 Å². The Morgan fingerprint density at radius 1 is 0.203 bits per heavy atom. The number of fused-ring (bicyclic) bond motifs is 13. The van der Waals surface area contributed by atoms with Gasteiger partial charge >= 0.3 is 0 Å². The minimum Gasteiger partial charge on any atom is -0.135 e. The van der Waals surface area contributed by atoms with Crippen LogP contribution < -0.4 is 0 Å². The number of hydrogen-bond acceptors (Lipinski definition) is 1. The van der Waals surface area contributed by atoms with Gasteiger partial charge in [-0.3, -0.25) is 0 Å². The molecule has 0 nitrogen and oxygen atoms in total. The SMILES string of the molecule is c1ccc2c(-c3ccc(-c4c5ccccc5c(-c5ccc6c(c5)c5ccccc5c5cc7c(cc65)sc5ccccc57)c5ccccc45)cc3)c3ccccc3cc2c1. The third-order valence-electron chi connectivity index (χ3n) is 12.8. The zero-order chi connectivity index (χ0) is 38.6. The second kappa shape index (κ2) is 12.6. The van der Waals surface area contributed by atoms with Crippen LogP contribution in [0, 0.1) is 0 Å². The molecule has 0 N–H and O–H groups in total. The average molecular weight is 763 g/mol. The molecular formula is C58H34S. The molecule has 12 aromatic carbocycles. The maximum absolute atomic E-state index is 2.46. The summed E-state index contributed by atoms with van der Waals surface area (Å²) in [6.07, 6.45) is 0. The highest BCUT2D eigenvalue weighted by molar-refractivity contribution is 7.25. The van der Waals surface area contributed by atoms with E-state index in [-0.39, 0.29) is 0 Å². The summed E-state index contributed by atoms with van der Waals surface area (Å²) >= 11 is 1.89. The number of hydrogen-bond donors (Lipinski definition) is 0. The van der Waals surface area contributed by atoms with Gasteiger partial charge in [-0.15, -0.1) is 11.3 Å². The molecule has 0 aliphatic heterocycles. The van der Waals surface area contributed by atoms with E-state index in [4.69, 9.17) is 0 Å². The number of benzene rings is 12. The van der Waals surface area contributed by atoms with Crippen LogP contribution in [0.15, 0.2) is 206 Å². The molecule has 0 aliphatic carbocycles. The predicted molar refractivity (Wildman–Crippen MR) is 258 cm³/mol. The van der Waals surface area contributed by atoms with Gasteiger partial charge in [0.25, 0.3) is 0 Å². The summed E-state index contributed by atoms with van der Waals surface area (Å²) < 4.78 is 2.68. The first-order valence-corrected chi connectivity index (χ1v) is 21.2. The Morgan fingerprint density at radius 2 is 0.593 bits per heavy atom. The number of rotatable bonds is 3. The van der Waals surface area contributed by atoms with Gasteiger partial charge in [-0.2, -0.15) is 0 Å². The van der Waals surface area contributed by atoms with Crippen molar-refractivity contribution in [1.82, 2.24) is 0 Å². The minimum atomic E-state index is 1.22. The summed E-state index contributed by atoms with van der Waals surface area (Å²) in [4.78, 5) is 0. The van der Waals surface area contributed by atoms with Crippen molar-refractivity contribution in [3.05, 3.63) is 206 Å². The zero-order valence-corrected chi connectivity index (χ0v) is 32.9. The van der Waals surface area contributed by atoms with Gasteiger partial charge in [0.2, 0.25) is 0 Å². The molecule has 59 heavy (non-hydrogen) atoms. The van der Waals surface area contributed by atoms with Crippen molar-refractivity contribution >= 4 is 107 Å². The summed E-state index contributed by atoms with van der Waals surface area (Å²) in [6.45, 7) is 0. The molecule has 0 atom stereocenters. The van der Waals surface area contributed by atoms with Gasteiger partial charge in [0.15, 0.2) is 0 Å². The lowest BCUT2D eigenvalue weighted by Gasteiger charge is -2.19. The van der Waals surface area contributed by atoms with Gasteiger partial charge in [-0.25, -0.2) is 0 Å². The van der Waals surface area contributed by atoms with E-state index in [0.29, 0.717) is 0 Å². The molecule has 0 spiro atoms. The lowest BCUT2D eigenvalue weighted by atomic mass is 9.84. The smallest absolute Gasteiger partial charge is 0.0362 e. The second-order valence-corrected chi connectivity index (χ2v) is 17.0. The largest absolute Gasteiger partial charge is 0.135 e. The van der Waals surface area contributed by atoms with E-state index in [9.17, 15) is 0 Å². The van der Waals surface area contributed by atoms with Gasteiger partial charge in [-0.05, 0) is 139 Å².